The van der Waals surface area contributed by atoms with E-state index in [-0.39, 0.29) is 41.2 Å². The van der Waals surface area contributed by atoms with Crippen molar-refractivity contribution < 1.29 is 23.4 Å². The molecule has 3 N–H and O–H groups in total. The maximum absolute atomic E-state index is 12.7. The number of allylic oxidation sites excluding steroid dienone is 2. The van der Waals surface area contributed by atoms with Gasteiger partial charge in [-0.25, -0.2) is 13.1 Å². The van der Waals surface area contributed by atoms with E-state index in [2.05, 4.69) is 4.72 Å². The molecule has 0 aliphatic heterocycles. The van der Waals surface area contributed by atoms with E-state index in [4.69, 9.17) is 5.11 Å². The summed E-state index contributed by atoms with van der Waals surface area (Å²) < 4.78 is 28.3. The van der Waals surface area contributed by atoms with Crippen molar-refractivity contribution >= 4 is 16.0 Å². The molecule has 2 bridgehead atoms. The van der Waals surface area contributed by atoms with Crippen LogP contribution in [0.5, 0.6) is 0 Å². The van der Waals surface area contributed by atoms with Gasteiger partial charge < -0.3 is 10.2 Å². The summed E-state index contributed by atoms with van der Waals surface area (Å²) in [5.41, 5.74) is 0. The minimum Gasteiger partial charge on any atom is -0.481 e. The molecule has 0 radical (unpaired) electrons. The number of nitrogens with one attached hydrogen (secondary N) is 1. The van der Waals surface area contributed by atoms with E-state index >= 15 is 0 Å². The zero-order valence-electron chi connectivity index (χ0n) is 15.2. The van der Waals surface area contributed by atoms with E-state index in [0.717, 1.165) is 6.42 Å². The van der Waals surface area contributed by atoms with Gasteiger partial charge in [-0.1, -0.05) is 30.4 Å². The van der Waals surface area contributed by atoms with Gasteiger partial charge in [0.15, 0.2) is 0 Å². The van der Waals surface area contributed by atoms with Crippen LogP contribution < -0.4 is 4.72 Å². The predicted molar refractivity (Wildman–Crippen MR) is 102 cm³/mol. The standard InChI is InChI=1S/C20H27NO5S/c22-18-13-14-12-17(18)16(10-6-1-2-7-11-19(23)24)20(14)21-27(25,26)15-8-4-3-5-9-15/h1,3-6,8-9,14,16-18,20-22H,2,7,10-13H2,(H,23,24)/b6-1-/t14-,16-,17-,18-,20-/m0/s1. The molecule has 0 unspecified atom stereocenters. The molecule has 0 aromatic heterocycles. The molecule has 2 fully saturated rings. The van der Waals surface area contributed by atoms with Crippen LogP contribution in [-0.4, -0.2) is 36.7 Å². The van der Waals surface area contributed by atoms with E-state index in [1.165, 1.54) is 0 Å². The van der Waals surface area contributed by atoms with Crippen LogP contribution in [0.2, 0.25) is 0 Å². The molecule has 5 atom stereocenters. The van der Waals surface area contributed by atoms with Gasteiger partial charge in [-0.05, 0) is 62.0 Å². The van der Waals surface area contributed by atoms with Crippen molar-refractivity contribution in [2.45, 2.75) is 55.6 Å². The largest absolute Gasteiger partial charge is 0.481 e. The third-order valence-electron chi connectivity index (χ3n) is 5.81. The molecule has 2 aliphatic carbocycles. The molecule has 2 aliphatic rings. The average molecular weight is 394 g/mol. The van der Waals surface area contributed by atoms with Crippen LogP contribution in [0.4, 0.5) is 0 Å². The number of carboxylic acid groups (broad SMARTS) is 1. The fraction of sp³-hybridized carbons (Fsp3) is 0.550. The van der Waals surface area contributed by atoms with Crippen LogP contribution in [0, 0.1) is 17.8 Å². The van der Waals surface area contributed by atoms with Crippen LogP contribution in [0.1, 0.15) is 38.5 Å². The molecule has 0 amide bonds. The molecule has 0 heterocycles. The molecule has 0 spiro atoms. The smallest absolute Gasteiger partial charge is 0.303 e. The fourth-order valence-electron chi connectivity index (χ4n) is 4.55. The Labute approximate surface area is 160 Å². The first-order valence-corrected chi connectivity index (χ1v) is 11.0. The zero-order chi connectivity index (χ0) is 19.4. The maximum atomic E-state index is 12.7. The van der Waals surface area contributed by atoms with Gasteiger partial charge in [0.25, 0.3) is 0 Å². The number of hydrogen-bond acceptors (Lipinski definition) is 4. The molecule has 6 nitrogen and oxygen atoms in total. The molecule has 7 heteroatoms. The predicted octanol–water partition coefficient (Wildman–Crippen LogP) is 2.55. The van der Waals surface area contributed by atoms with Gasteiger partial charge in [-0.15, -0.1) is 0 Å². The first-order chi connectivity index (χ1) is 12.9. The highest BCUT2D eigenvalue weighted by Crippen LogP contribution is 2.50. The maximum Gasteiger partial charge on any atom is 0.303 e. The number of sulfonamides is 1. The van der Waals surface area contributed by atoms with Crippen molar-refractivity contribution in [3.8, 4) is 0 Å². The van der Waals surface area contributed by atoms with Crippen molar-refractivity contribution in [3.05, 3.63) is 42.5 Å². The lowest BCUT2D eigenvalue weighted by Crippen LogP contribution is -2.46. The Morgan fingerprint density at radius 3 is 2.63 bits per heavy atom. The highest BCUT2D eigenvalue weighted by atomic mass is 32.2. The summed E-state index contributed by atoms with van der Waals surface area (Å²) in [5.74, 6) is -0.459. The number of unbranched alkanes of at least 4 members (excludes halogenated alkanes) is 1. The Morgan fingerprint density at radius 2 is 1.93 bits per heavy atom. The van der Waals surface area contributed by atoms with Gasteiger partial charge in [0.2, 0.25) is 10.0 Å². The van der Waals surface area contributed by atoms with Gasteiger partial charge in [0.1, 0.15) is 0 Å². The first kappa shape index (κ1) is 20.0. The van der Waals surface area contributed by atoms with Crippen LogP contribution in [-0.2, 0) is 14.8 Å². The van der Waals surface area contributed by atoms with Gasteiger partial charge in [-0.3, -0.25) is 4.79 Å². The number of aliphatic hydroxyl groups excluding tert-OH is 1. The highest BCUT2D eigenvalue weighted by molar-refractivity contribution is 7.89. The minimum absolute atomic E-state index is 0.0629. The van der Waals surface area contributed by atoms with Gasteiger partial charge in [-0.2, -0.15) is 0 Å². The molecular formula is C20H27NO5S. The third kappa shape index (κ3) is 4.78. The number of hydrogen-bond donors (Lipinski definition) is 3. The number of carboxylic acids is 1. The van der Waals surface area contributed by atoms with Crippen LogP contribution in [0.25, 0.3) is 0 Å². The van der Waals surface area contributed by atoms with Gasteiger partial charge >= 0.3 is 5.97 Å². The van der Waals surface area contributed by atoms with Gasteiger partial charge in [0.05, 0.1) is 11.0 Å². The van der Waals surface area contributed by atoms with Crippen LogP contribution in [0.3, 0.4) is 0 Å². The van der Waals surface area contributed by atoms with Crippen molar-refractivity contribution in [1.29, 1.82) is 0 Å². The first-order valence-electron chi connectivity index (χ1n) is 9.50. The van der Waals surface area contributed by atoms with Crippen LogP contribution >= 0.6 is 0 Å². The lowest BCUT2D eigenvalue weighted by atomic mass is 9.81. The fourth-order valence-corrected chi connectivity index (χ4v) is 5.93. The van der Waals surface area contributed by atoms with E-state index in [1.807, 2.05) is 12.2 Å². The second kappa shape index (κ2) is 8.54. The van der Waals surface area contributed by atoms with E-state index in [0.29, 0.717) is 25.7 Å². The minimum atomic E-state index is -3.59. The Balaban J connectivity index is 1.64. The van der Waals surface area contributed by atoms with Crippen molar-refractivity contribution in [2.24, 2.45) is 17.8 Å². The summed E-state index contributed by atoms with van der Waals surface area (Å²) in [4.78, 5) is 10.8. The van der Waals surface area contributed by atoms with Crippen molar-refractivity contribution in [1.82, 2.24) is 4.72 Å². The number of aliphatic carboxylic acids is 1. The molecule has 1 aromatic rings. The Bertz CT molecular complexity index is 777. The molecule has 27 heavy (non-hydrogen) atoms. The molecule has 3 rings (SSSR count). The lowest BCUT2D eigenvalue weighted by molar-refractivity contribution is -0.137. The number of rotatable bonds is 9. The third-order valence-corrected chi connectivity index (χ3v) is 7.29. The van der Waals surface area contributed by atoms with Crippen LogP contribution in [0.15, 0.2) is 47.4 Å². The molecular weight excluding hydrogens is 366 g/mol. The highest BCUT2D eigenvalue weighted by Gasteiger charge is 2.52. The Kier molecular flexibility index (Phi) is 6.34. The Morgan fingerprint density at radius 1 is 1.19 bits per heavy atom. The monoisotopic (exact) mass is 393 g/mol. The summed E-state index contributed by atoms with van der Waals surface area (Å²) in [6.45, 7) is 0. The quantitative estimate of drug-likeness (QED) is 0.442. The summed E-state index contributed by atoms with van der Waals surface area (Å²) >= 11 is 0. The van der Waals surface area contributed by atoms with E-state index < -0.39 is 16.0 Å². The second-order valence-electron chi connectivity index (χ2n) is 7.58. The summed E-state index contributed by atoms with van der Waals surface area (Å²) in [5, 5.41) is 18.9. The molecule has 148 valence electrons. The van der Waals surface area contributed by atoms with E-state index in [9.17, 15) is 18.3 Å². The number of fused-ring (bicyclic) bond motifs is 2. The lowest BCUT2D eigenvalue weighted by Gasteiger charge is -2.33. The topological polar surface area (TPSA) is 104 Å². The average Bonchev–Trinajstić information content (AvgIpc) is 3.16. The normalized spacial score (nSPS) is 30.2. The number of aliphatic hydroxyl groups is 1. The van der Waals surface area contributed by atoms with Crippen molar-refractivity contribution in [3.63, 3.8) is 0 Å². The molecule has 1 aromatic carbocycles. The summed E-state index contributed by atoms with van der Waals surface area (Å²) in [7, 11) is -3.59. The number of carbonyl (C=O) groups is 1. The zero-order valence-corrected chi connectivity index (χ0v) is 16.0. The van der Waals surface area contributed by atoms with Gasteiger partial charge in [0, 0.05) is 12.5 Å². The Hall–Kier alpha value is -1.70. The van der Waals surface area contributed by atoms with E-state index in [1.54, 1.807) is 30.3 Å². The SMILES string of the molecule is O=C(O)CCC/C=C\C[C@H]1[C@@H]2C[C@@H](C[C@@H]2O)[C@@H]1NS(=O)(=O)c1ccccc1. The summed E-state index contributed by atoms with van der Waals surface area (Å²) in [6.07, 6.45) is 7.22. The molecule has 2 saturated carbocycles. The van der Waals surface area contributed by atoms with Crippen molar-refractivity contribution in [2.75, 3.05) is 0 Å². The second-order valence-corrected chi connectivity index (χ2v) is 9.29. The summed E-state index contributed by atoms with van der Waals surface area (Å²) in [6, 6.07) is 8.19. The molecule has 0 saturated heterocycles. The number of benzene rings is 1.